The Labute approximate surface area is 126 Å². The smallest absolute Gasteiger partial charge is 0.200 e. The molecule has 0 spiro atoms. The van der Waals surface area contributed by atoms with E-state index < -0.39 is 0 Å². The van der Waals surface area contributed by atoms with Gasteiger partial charge in [0, 0.05) is 22.5 Å². The zero-order valence-electron chi connectivity index (χ0n) is 11.2. The summed E-state index contributed by atoms with van der Waals surface area (Å²) in [6.45, 7) is 0.730. The molecule has 3 nitrogen and oxygen atoms in total. The predicted molar refractivity (Wildman–Crippen MR) is 83.7 cm³/mol. The number of halogens is 1. The van der Waals surface area contributed by atoms with E-state index in [4.69, 9.17) is 11.6 Å². The van der Waals surface area contributed by atoms with E-state index >= 15 is 0 Å². The molecule has 0 radical (unpaired) electrons. The lowest BCUT2D eigenvalue weighted by Crippen LogP contribution is -2.22. The van der Waals surface area contributed by atoms with Crippen molar-refractivity contribution >= 4 is 28.3 Å². The fourth-order valence-electron chi connectivity index (χ4n) is 2.94. The third-order valence-corrected chi connectivity index (χ3v) is 4.33. The van der Waals surface area contributed by atoms with Crippen molar-refractivity contribution in [3.8, 4) is 0 Å². The van der Waals surface area contributed by atoms with Crippen molar-refractivity contribution in [2.45, 2.75) is 12.6 Å². The van der Waals surface area contributed by atoms with Crippen molar-refractivity contribution in [2.24, 2.45) is 0 Å². The van der Waals surface area contributed by atoms with Gasteiger partial charge in [-0.05, 0) is 29.3 Å². The average Bonchev–Trinajstić information content (AvgIpc) is 3.11. The molecule has 0 aliphatic carbocycles. The molecule has 2 N–H and O–H groups in total. The number of Topliss-reactive ketones (excluding diaryl/α,β-unsaturated/α-hetero) is 1. The highest BCUT2D eigenvalue weighted by Gasteiger charge is 2.29. The summed E-state index contributed by atoms with van der Waals surface area (Å²) >= 11 is 6.17. The topological polar surface area (TPSA) is 44.9 Å². The number of H-pyrrole nitrogens is 1. The molecule has 1 aliphatic rings. The highest BCUT2D eigenvalue weighted by Crippen LogP contribution is 2.30. The number of carbonyl (C=O) groups is 1. The van der Waals surface area contributed by atoms with Gasteiger partial charge in [0.15, 0.2) is 5.78 Å². The van der Waals surface area contributed by atoms with E-state index in [1.807, 2.05) is 42.5 Å². The van der Waals surface area contributed by atoms with Gasteiger partial charge in [-0.1, -0.05) is 41.9 Å². The number of fused-ring (bicyclic) bond motifs is 2. The van der Waals surface area contributed by atoms with Gasteiger partial charge in [0.05, 0.1) is 11.7 Å². The molecular formula is C17H13ClN2O. The van der Waals surface area contributed by atoms with Gasteiger partial charge in [-0.3, -0.25) is 10.1 Å². The monoisotopic (exact) mass is 296 g/mol. The van der Waals surface area contributed by atoms with Crippen LogP contribution >= 0.6 is 11.6 Å². The van der Waals surface area contributed by atoms with Crippen LogP contribution in [0.25, 0.3) is 10.9 Å². The van der Waals surface area contributed by atoms with Gasteiger partial charge in [0.2, 0.25) is 0 Å². The highest BCUT2D eigenvalue weighted by atomic mass is 35.5. The molecule has 2 aromatic carbocycles. The minimum absolute atomic E-state index is 0.0483. The molecule has 104 valence electrons. The van der Waals surface area contributed by atoms with Crippen molar-refractivity contribution in [1.82, 2.24) is 10.3 Å². The predicted octanol–water partition coefficient (Wildman–Crippen LogP) is 3.85. The van der Waals surface area contributed by atoms with Crippen LogP contribution in [0, 0.1) is 0 Å². The summed E-state index contributed by atoms with van der Waals surface area (Å²) in [7, 11) is 0. The van der Waals surface area contributed by atoms with E-state index in [9.17, 15) is 4.79 Å². The fraction of sp³-hybridized carbons (Fsp3) is 0.118. The largest absolute Gasteiger partial charge is 0.352 e. The van der Waals surface area contributed by atoms with Crippen LogP contribution < -0.4 is 5.32 Å². The van der Waals surface area contributed by atoms with Gasteiger partial charge in [-0.15, -0.1) is 0 Å². The maximum Gasteiger partial charge on any atom is 0.200 e. The zero-order valence-corrected chi connectivity index (χ0v) is 11.9. The molecule has 1 aromatic heterocycles. The highest BCUT2D eigenvalue weighted by molar-refractivity contribution is 6.35. The van der Waals surface area contributed by atoms with Crippen LogP contribution in [0.15, 0.2) is 48.5 Å². The number of hydrogen-bond donors (Lipinski definition) is 2. The quantitative estimate of drug-likeness (QED) is 0.706. The molecule has 21 heavy (non-hydrogen) atoms. The van der Waals surface area contributed by atoms with E-state index in [0.717, 1.165) is 23.0 Å². The van der Waals surface area contributed by atoms with E-state index in [1.165, 1.54) is 5.56 Å². The average molecular weight is 297 g/mol. The molecule has 3 aromatic rings. The second-order valence-electron chi connectivity index (χ2n) is 5.26. The van der Waals surface area contributed by atoms with Crippen LogP contribution in [0.4, 0.5) is 0 Å². The lowest BCUT2D eigenvalue weighted by atomic mass is 10.0. The molecule has 0 amide bonds. The first-order valence-electron chi connectivity index (χ1n) is 6.86. The second-order valence-corrected chi connectivity index (χ2v) is 5.67. The van der Waals surface area contributed by atoms with Crippen LogP contribution in [0.2, 0.25) is 5.02 Å². The number of rotatable bonds is 2. The molecular weight excluding hydrogens is 284 g/mol. The molecule has 4 rings (SSSR count). The van der Waals surface area contributed by atoms with Gasteiger partial charge < -0.3 is 4.98 Å². The SMILES string of the molecule is O=C(c1cc2c(Cl)cccc2[nH]1)C1NCc2ccccc21. The van der Waals surface area contributed by atoms with Gasteiger partial charge in [0.25, 0.3) is 0 Å². The van der Waals surface area contributed by atoms with Crippen LogP contribution in [0.3, 0.4) is 0 Å². The molecule has 4 heteroatoms. The summed E-state index contributed by atoms with van der Waals surface area (Å²) in [4.78, 5) is 15.9. The second kappa shape index (κ2) is 4.72. The Balaban J connectivity index is 1.76. The van der Waals surface area contributed by atoms with Gasteiger partial charge in [0.1, 0.15) is 0 Å². The molecule has 1 unspecified atom stereocenters. The normalized spacial score (nSPS) is 17.1. The third-order valence-electron chi connectivity index (χ3n) is 4.00. The molecule has 1 aliphatic heterocycles. The molecule has 0 bridgehead atoms. The summed E-state index contributed by atoms with van der Waals surface area (Å²) in [6, 6.07) is 15.2. The van der Waals surface area contributed by atoms with Crippen LogP contribution in [0.1, 0.15) is 27.7 Å². The molecule has 0 fully saturated rings. The summed E-state index contributed by atoms with van der Waals surface area (Å²) in [5.41, 5.74) is 3.72. The lowest BCUT2D eigenvalue weighted by Gasteiger charge is -2.09. The van der Waals surface area contributed by atoms with E-state index in [-0.39, 0.29) is 11.8 Å². The first kappa shape index (κ1) is 12.6. The fourth-order valence-corrected chi connectivity index (χ4v) is 3.17. The number of hydrogen-bond acceptors (Lipinski definition) is 2. The maximum absolute atomic E-state index is 12.8. The van der Waals surface area contributed by atoms with E-state index in [0.29, 0.717) is 10.7 Å². The minimum Gasteiger partial charge on any atom is -0.352 e. The number of aromatic nitrogens is 1. The minimum atomic E-state index is -0.284. The first-order valence-corrected chi connectivity index (χ1v) is 7.24. The first-order chi connectivity index (χ1) is 10.2. The molecule has 0 saturated heterocycles. The maximum atomic E-state index is 12.8. The van der Waals surface area contributed by atoms with E-state index in [1.54, 1.807) is 0 Å². The number of ketones is 1. The Morgan fingerprint density at radius 1 is 1.14 bits per heavy atom. The lowest BCUT2D eigenvalue weighted by molar-refractivity contribution is 0.0944. The van der Waals surface area contributed by atoms with Gasteiger partial charge in [-0.25, -0.2) is 0 Å². The zero-order chi connectivity index (χ0) is 14.4. The molecule has 0 saturated carbocycles. The van der Waals surface area contributed by atoms with Gasteiger partial charge >= 0.3 is 0 Å². The Bertz CT molecular complexity index is 853. The summed E-state index contributed by atoms with van der Waals surface area (Å²) in [6.07, 6.45) is 0. The van der Waals surface area contributed by atoms with Crippen molar-refractivity contribution in [2.75, 3.05) is 0 Å². The van der Waals surface area contributed by atoms with Crippen LogP contribution in [-0.2, 0) is 6.54 Å². The summed E-state index contributed by atoms with van der Waals surface area (Å²) < 4.78 is 0. The third kappa shape index (κ3) is 1.97. The summed E-state index contributed by atoms with van der Waals surface area (Å²) in [5.74, 6) is 0.0483. The van der Waals surface area contributed by atoms with Gasteiger partial charge in [-0.2, -0.15) is 0 Å². The van der Waals surface area contributed by atoms with Crippen molar-refractivity contribution in [1.29, 1.82) is 0 Å². The van der Waals surface area contributed by atoms with Crippen molar-refractivity contribution in [3.63, 3.8) is 0 Å². The molecule has 2 heterocycles. The van der Waals surface area contributed by atoms with Crippen LogP contribution in [-0.4, -0.2) is 10.8 Å². The number of nitrogens with one attached hydrogen (secondary N) is 2. The number of benzene rings is 2. The summed E-state index contributed by atoms with van der Waals surface area (Å²) in [5, 5.41) is 4.82. The van der Waals surface area contributed by atoms with E-state index in [2.05, 4.69) is 16.4 Å². The van der Waals surface area contributed by atoms with Crippen molar-refractivity contribution in [3.05, 3.63) is 70.4 Å². The Morgan fingerprint density at radius 3 is 2.86 bits per heavy atom. The Hall–Kier alpha value is -2.10. The number of aromatic amines is 1. The van der Waals surface area contributed by atoms with Crippen molar-refractivity contribution < 1.29 is 4.79 Å². The standard InChI is InChI=1S/C17H13ClN2O/c18-13-6-3-7-14-12(13)8-15(20-14)17(21)16-11-5-2-1-4-10(11)9-19-16/h1-8,16,19-20H,9H2. The Morgan fingerprint density at radius 2 is 2.00 bits per heavy atom. The van der Waals surface area contributed by atoms with Crippen LogP contribution in [0.5, 0.6) is 0 Å². The number of carbonyl (C=O) groups excluding carboxylic acids is 1. The molecule has 1 atom stereocenters. The Kier molecular flexibility index (Phi) is 2.84.